The third-order valence-electron chi connectivity index (χ3n) is 5.50. The Morgan fingerprint density at radius 2 is 1.76 bits per heavy atom. The molecule has 1 heterocycles. The smallest absolute Gasteiger partial charge is 0.262 e. The van der Waals surface area contributed by atoms with Crippen LogP contribution in [0.25, 0.3) is 22.2 Å². The fraction of sp³-hybridized carbons (Fsp3) is 0.320. The fourth-order valence-corrected chi connectivity index (χ4v) is 4.47. The van der Waals surface area contributed by atoms with E-state index in [1.54, 1.807) is 12.1 Å². The molecule has 8 heteroatoms. The van der Waals surface area contributed by atoms with Gasteiger partial charge < -0.3 is 17.0 Å². The van der Waals surface area contributed by atoms with E-state index in [0.717, 1.165) is 35.0 Å². The molecule has 1 aromatic heterocycles. The molecule has 3 aromatic rings. The van der Waals surface area contributed by atoms with E-state index in [-0.39, 0.29) is 66.8 Å². The van der Waals surface area contributed by atoms with Gasteiger partial charge in [0.05, 0.1) is 0 Å². The summed E-state index contributed by atoms with van der Waals surface area (Å²) >= 11 is -2.64. The van der Waals surface area contributed by atoms with Gasteiger partial charge in [-0.1, -0.05) is 56.9 Å². The maximum Gasteiger partial charge on any atom is 0.262 e. The molecule has 5 nitrogen and oxygen atoms in total. The molecule has 1 N–H and O–H groups in total. The number of hydrogen-bond donors (Lipinski definition) is 1. The van der Waals surface area contributed by atoms with Crippen molar-refractivity contribution in [3.63, 3.8) is 0 Å². The van der Waals surface area contributed by atoms with Gasteiger partial charge in [-0.3, -0.25) is 13.7 Å². The summed E-state index contributed by atoms with van der Waals surface area (Å²) in [6.07, 6.45) is 5.94. The minimum atomic E-state index is -2.64. The van der Waals surface area contributed by atoms with Gasteiger partial charge in [-0.25, -0.2) is 0 Å². The number of fused-ring (bicyclic) bond motifs is 1. The van der Waals surface area contributed by atoms with Gasteiger partial charge in [0.15, 0.2) is 0 Å². The van der Waals surface area contributed by atoms with Crippen molar-refractivity contribution < 1.29 is 67.3 Å². The normalized spacial score (nSPS) is 13.9. The molecular weight excluding hydrogens is 681 g/mol. The fourth-order valence-electron chi connectivity index (χ4n) is 4.20. The van der Waals surface area contributed by atoms with E-state index in [1.807, 2.05) is 48.9 Å². The van der Waals surface area contributed by atoms with Crippen molar-refractivity contribution in [2.24, 2.45) is 0 Å². The van der Waals surface area contributed by atoms with Crippen molar-refractivity contribution in [2.45, 2.75) is 51.9 Å². The first-order valence-electron chi connectivity index (χ1n) is 10.5. The summed E-state index contributed by atoms with van der Waals surface area (Å²) in [5.74, 6) is -0.223. The summed E-state index contributed by atoms with van der Waals surface area (Å²) in [4.78, 5) is 16.9. The second-order valence-electron chi connectivity index (χ2n) is 7.26. The SMILES string of the molecule is CC.[CH2-]c1ccccc1-c1[n-]c2cc(C(=O)NS(=O)[O-])ccc2c1C1CCCCC1.[CH3-].[W].[Y]. The number of nitrogens with zero attached hydrogens (tertiary/aromatic N) is 1. The van der Waals surface area contributed by atoms with Crippen LogP contribution in [0.1, 0.15) is 73.4 Å². The number of rotatable bonds is 4. The van der Waals surface area contributed by atoms with Gasteiger partial charge in [-0.15, -0.1) is 23.2 Å². The van der Waals surface area contributed by atoms with E-state index >= 15 is 0 Å². The number of benzene rings is 2. The number of carbonyl (C=O) groups is 1. The molecule has 0 bridgehead atoms. The van der Waals surface area contributed by atoms with Crippen molar-refractivity contribution in [3.05, 3.63) is 73.5 Å². The molecule has 1 amide bonds. The Labute approximate surface area is 239 Å². The molecule has 0 saturated heterocycles. The van der Waals surface area contributed by atoms with Gasteiger partial charge in [0.1, 0.15) is 0 Å². The molecule has 1 aliphatic carbocycles. The van der Waals surface area contributed by atoms with Crippen LogP contribution in [-0.2, 0) is 65.0 Å². The number of aromatic nitrogens is 1. The van der Waals surface area contributed by atoms with Crippen molar-refractivity contribution in [1.82, 2.24) is 9.71 Å². The zero-order valence-corrected chi connectivity index (χ0v) is 26.0. The molecule has 177 valence electrons. The molecule has 1 unspecified atom stereocenters. The van der Waals surface area contributed by atoms with E-state index in [1.165, 1.54) is 24.8 Å². The molecule has 1 atom stereocenters. The first kappa shape index (κ1) is 32.2. The van der Waals surface area contributed by atoms with Gasteiger partial charge in [-0.05, 0) is 30.2 Å². The Kier molecular flexibility index (Phi) is 14.9. The molecule has 1 aliphatic rings. The van der Waals surface area contributed by atoms with Crippen molar-refractivity contribution in [1.29, 1.82) is 0 Å². The number of carbonyl (C=O) groups excluding carboxylic acids is 1. The standard InChI is InChI=1S/C22H23N2O3S.C2H6.CH3.W.Y/c1-14-7-5-6-10-17(14)21-20(15-8-3-2-4-9-15)18-12-11-16(13-19(18)23-21)22(25)24-28(26)27;1-2;;;/h5-7,10-13,15H,1-4,8-9H2,(H3,23,24,25,26,27);1-2H3;1H3;;/q-1;;-1;;/p-2. The Bertz CT molecular complexity index is 1060. The van der Waals surface area contributed by atoms with Crippen LogP contribution in [0.4, 0.5) is 0 Å². The number of amides is 1. The number of nitrogens with one attached hydrogen (secondary N) is 1. The van der Waals surface area contributed by atoms with E-state index in [2.05, 4.69) is 6.92 Å². The third kappa shape index (κ3) is 7.60. The Hall–Kier alpha value is -0.778. The largest absolute Gasteiger partial charge is 0.755 e. The van der Waals surface area contributed by atoms with Crippen molar-refractivity contribution >= 4 is 28.1 Å². The van der Waals surface area contributed by atoms with Crippen molar-refractivity contribution in [3.8, 4) is 11.3 Å². The summed E-state index contributed by atoms with van der Waals surface area (Å²) in [5, 5.41) is 1.03. The minimum Gasteiger partial charge on any atom is -0.755 e. The van der Waals surface area contributed by atoms with Gasteiger partial charge in [0.2, 0.25) is 0 Å². The second-order valence-corrected chi connectivity index (χ2v) is 7.94. The summed E-state index contributed by atoms with van der Waals surface area (Å²) in [6, 6.07) is 13.2. The maximum absolute atomic E-state index is 12.1. The third-order valence-corrected chi connectivity index (χ3v) is 5.85. The van der Waals surface area contributed by atoms with Crippen LogP contribution in [0, 0.1) is 14.4 Å². The van der Waals surface area contributed by atoms with Crippen LogP contribution in [0.2, 0.25) is 0 Å². The summed E-state index contributed by atoms with van der Waals surface area (Å²) in [5.41, 5.74) is 5.07. The second kappa shape index (κ2) is 15.3. The molecule has 2 aromatic carbocycles. The molecule has 1 saturated carbocycles. The zero-order valence-electron chi connectivity index (χ0n) is 19.4. The molecule has 1 fully saturated rings. The molecular formula is C25H30N2O3SWY-4. The maximum atomic E-state index is 12.1. The summed E-state index contributed by atoms with van der Waals surface area (Å²) < 4.78 is 23.4. The van der Waals surface area contributed by atoms with Crippen LogP contribution >= 0.6 is 0 Å². The topological polar surface area (TPSA) is 83.3 Å². The predicted octanol–water partition coefficient (Wildman–Crippen LogP) is 5.69. The predicted molar refractivity (Wildman–Crippen MR) is 127 cm³/mol. The average molecular weight is 711 g/mol. The minimum absolute atomic E-state index is 0. The van der Waals surface area contributed by atoms with Gasteiger partial charge in [0, 0.05) is 70.6 Å². The molecule has 0 aliphatic heterocycles. The summed E-state index contributed by atoms with van der Waals surface area (Å²) in [6.45, 7) is 8.16. The van der Waals surface area contributed by atoms with Gasteiger partial charge in [0.25, 0.3) is 5.91 Å². The Morgan fingerprint density at radius 3 is 2.36 bits per heavy atom. The van der Waals surface area contributed by atoms with Gasteiger partial charge in [-0.2, -0.15) is 24.2 Å². The van der Waals surface area contributed by atoms with E-state index in [0.29, 0.717) is 11.4 Å². The molecule has 1 radical (unpaired) electrons. The first-order chi connectivity index (χ1) is 14.5. The zero-order chi connectivity index (χ0) is 21.7. The van der Waals surface area contributed by atoms with Crippen LogP contribution in [0.5, 0.6) is 0 Å². The monoisotopic (exact) mass is 711 g/mol. The molecule has 4 rings (SSSR count). The van der Waals surface area contributed by atoms with E-state index in [4.69, 9.17) is 4.98 Å². The molecule has 0 spiro atoms. The van der Waals surface area contributed by atoms with Gasteiger partial charge >= 0.3 is 0 Å². The van der Waals surface area contributed by atoms with Crippen LogP contribution < -0.4 is 9.71 Å². The number of hydrogen-bond acceptors (Lipinski definition) is 3. The molecule has 33 heavy (non-hydrogen) atoms. The van der Waals surface area contributed by atoms with E-state index < -0.39 is 17.2 Å². The first-order valence-corrected chi connectivity index (χ1v) is 11.5. The van der Waals surface area contributed by atoms with Crippen LogP contribution in [0.3, 0.4) is 0 Å². The summed E-state index contributed by atoms with van der Waals surface area (Å²) in [7, 11) is 0. The van der Waals surface area contributed by atoms with Crippen LogP contribution in [-0.4, -0.2) is 14.7 Å². The van der Waals surface area contributed by atoms with E-state index in [9.17, 15) is 13.6 Å². The Balaban J connectivity index is 0.00000199. The Morgan fingerprint density at radius 1 is 1.12 bits per heavy atom. The van der Waals surface area contributed by atoms with Crippen LogP contribution in [0.15, 0.2) is 42.5 Å². The van der Waals surface area contributed by atoms with Crippen molar-refractivity contribution in [2.75, 3.05) is 0 Å². The average Bonchev–Trinajstić information content (AvgIpc) is 3.14. The quantitative estimate of drug-likeness (QED) is 0.279.